The molecule has 0 fully saturated rings. The van der Waals surface area contributed by atoms with Gasteiger partial charge in [-0.3, -0.25) is 14.9 Å². The molecule has 0 saturated heterocycles. The zero-order valence-corrected chi connectivity index (χ0v) is 10.9. The molecule has 18 heavy (non-hydrogen) atoms. The topological polar surface area (TPSA) is 73.3 Å². The maximum Gasteiger partial charge on any atom is 0.284 e. The maximum atomic E-state index is 11.9. The van der Waals surface area contributed by atoms with E-state index in [2.05, 4.69) is 15.9 Å². The first-order chi connectivity index (χ1) is 8.41. The molecule has 0 spiro atoms. The summed E-state index contributed by atoms with van der Waals surface area (Å²) in [5.74, 6) is 0.377. The van der Waals surface area contributed by atoms with Crippen LogP contribution in [-0.4, -0.2) is 12.8 Å². The van der Waals surface area contributed by atoms with Gasteiger partial charge in [-0.2, -0.15) is 0 Å². The molecule has 7 heteroatoms. The number of hydrogen-bond donors (Lipinski definition) is 0. The van der Waals surface area contributed by atoms with Crippen LogP contribution in [0.15, 0.2) is 27.4 Å². The third-order valence-corrected chi connectivity index (χ3v) is 3.00. The van der Waals surface area contributed by atoms with E-state index in [9.17, 15) is 14.9 Å². The van der Waals surface area contributed by atoms with E-state index in [4.69, 9.17) is 12.3 Å². The van der Waals surface area contributed by atoms with Crippen LogP contribution in [0.5, 0.6) is 0 Å². The first-order valence-electron chi connectivity index (χ1n) is 5.03. The number of non-ortho nitro benzene ring substituents is 1. The average Bonchev–Trinajstić information content (AvgIpc) is 2.26. The average molecular weight is 308 g/mol. The summed E-state index contributed by atoms with van der Waals surface area (Å²) in [5, 5.41) is 10.9. The van der Waals surface area contributed by atoms with Crippen LogP contribution >= 0.6 is 15.9 Å². The molecule has 2 radical (unpaired) electrons. The lowest BCUT2D eigenvalue weighted by molar-refractivity contribution is -0.383. The van der Waals surface area contributed by atoms with Crippen molar-refractivity contribution in [2.45, 2.75) is 11.7 Å². The number of nitrogens with zero attached hydrogens (tertiary/aromatic N) is 1. The molecule has 0 aliphatic carbocycles. The summed E-state index contributed by atoms with van der Waals surface area (Å²) in [6, 6.07) is 3.95. The molecular formula is C11H7BBrNO4. The van der Waals surface area contributed by atoms with Gasteiger partial charge in [-0.1, -0.05) is 15.9 Å². The highest BCUT2D eigenvalue weighted by Gasteiger charge is 2.21. The Balaban J connectivity index is 3.00. The van der Waals surface area contributed by atoms with E-state index in [1.54, 1.807) is 6.92 Å². The summed E-state index contributed by atoms with van der Waals surface area (Å²) < 4.78 is 4.85. The fourth-order valence-electron chi connectivity index (χ4n) is 1.75. The number of rotatable bonds is 2. The Kier molecular flexibility index (Phi) is 3.25. The first kappa shape index (κ1) is 12.8. The quantitative estimate of drug-likeness (QED) is 0.370. The number of hydrogen-bond acceptors (Lipinski definition) is 4. The minimum absolute atomic E-state index is 0.0574. The second kappa shape index (κ2) is 4.57. The fourth-order valence-corrected chi connectivity index (χ4v) is 2.11. The number of halogens is 1. The highest BCUT2D eigenvalue weighted by molar-refractivity contribution is 9.09. The Morgan fingerprint density at radius 3 is 2.72 bits per heavy atom. The van der Waals surface area contributed by atoms with Crippen LogP contribution in [0.4, 0.5) is 5.69 Å². The Labute approximate surface area is 111 Å². The number of fused-ring (bicyclic) bond motifs is 1. The van der Waals surface area contributed by atoms with Crippen LogP contribution in [0.2, 0.25) is 0 Å². The third-order valence-electron chi connectivity index (χ3n) is 2.50. The van der Waals surface area contributed by atoms with Crippen molar-refractivity contribution in [3.05, 3.63) is 49.9 Å². The van der Waals surface area contributed by atoms with Gasteiger partial charge in [0.1, 0.15) is 16.7 Å². The number of alkyl halides is 1. The van der Waals surface area contributed by atoms with E-state index in [0.29, 0.717) is 11.3 Å². The van der Waals surface area contributed by atoms with Gasteiger partial charge in [-0.05, 0) is 13.0 Å². The monoisotopic (exact) mass is 307 g/mol. The number of aryl methyl sites for hydroxylation is 1. The molecule has 1 atom stereocenters. The van der Waals surface area contributed by atoms with Gasteiger partial charge in [0.15, 0.2) is 5.43 Å². The van der Waals surface area contributed by atoms with Gasteiger partial charge in [0, 0.05) is 22.4 Å². The molecule has 0 N–H and O–H groups in total. The van der Waals surface area contributed by atoms with Crippen molar-refractivity contribution in [3.63, 3.8) is 0 Å². The molecule has 1 aromatic heterocycles. The highest BCUT2D eigenvalue weighted by Crippen LogP contribution is 2.31. The standard InChI is InChI=1S/C11H7BBrNO4/c1-5-4-8(15)9-7(14(16)17)3-2-6(11(12)13)10(9)18-5/h2-4,11H,1H3. The Bertz CT molecular complexity index is 695. The summed E-state index contributed by atoms with van der Waals surface area (Å²) in [6.45, 7) is 1.60. The van der Waals surface area contributed by atoms with Crippen molar-refractivity contribution < 1.29 is 9.34 Å². The van der Waals surface area contributed by atoms with Gasteiger partial charge in [-0.15, -0.1) is 0 Å². The lowest BCUT2D eigenvalue weighted by Gasteiger charge is -2.08. The van der Waals surface area contributed by atoms with Crippen molar-refractivity contribution in [1.82, 2.24) is 0 Å². The summed E-state index contributed by atoms with van der Waals surface area (Å²) >= 11 is 3.16. The van der Waals surface area contributed by atoms with Gasteiger partial charge >= 0.3 is 0 Å². The summed E-state index contributed by atoms with van der Waals surface area (Å²) in [4.78, 5) is 22.2. The van der Waals surface area contributed by atoms with E-state index >= 15 is 0 Å². The molecule has 5 nitrogen and oxygen atoms in total. The molecule has 0 amide bonds. The summed E-state index contributed by atoms with van der Waals surface area (Å²) in [7, 11) is 5.69. The molecule has 0 saturated carbocycles. The van der Waals surface area contributed by atoms with E-state index in [0.717, 1.165) is 0 Å². The van der Waals surface area contributed by atoms with Crippen molar-refractivity contribution in [2.75, 3.05) is 0 Å². The summed E-state index contributed by atoms with van der Waals surface area (Å²) in [5.41, 5.74) is -0.0823. The molecule has 0 aliphatic heterocycles. The molecule has 0 aliphatic rings. The Morgan fingerprint density at radius 1 is 1.50 bits per heavy atom. The molecule has 2 aromatic rings. The largest absolute Gasteiger partial charge is 0.461 e. The molecule has 1 unspecified atom stereocenters. The van der Waals surface area contributed by atoms with E-state index in [-0.39, 0.29) is 16.7 Å². The zero-order chi connectivity index (χ0) is 13.4. The van der Waals surface area contributed by atoms with Gasteiger partial charge in [-0.25, -0.2) is 0 Å². The molecule has 1 heterocycles. The van der Waals surface area contributed by atoms with E-state index in [1.807, 2.05) is 0 Å². The predicted molar refractivity (Wildman–Crippen MR) is 71.3 cm³/mol. The Hall–Kier alpha value is -1.63. The van der Waals surface area contributed by atoms with Gasteiger partial charge < -0.3 is 4.42 Å². The van der Waals surface area contributed by atoms with Crippen molar-refractivity contribution in [3.8, 4) is 0 Å². The van der Waals surface area contributed by atoms with Crippen LogP contribution in [0.25, 0.3) is 11.0 Å². The van der Waals surface area contributed by atoms with E-state index < -0.39 is 15.1 Å². The fraction of sp³-hybridized carbons (Fsp3) is 0.182. The molecule has 0 bridgehead atoms. The summed E-state index contributed by atoms with van der Waals surface area (Å²) in [6.07, 6.45) is 0. The minimum atomic E-state index is -0.613. The van der Waals surface area contributed by atoms with Crippen LogP contribution in [0, 0.1) is 17.0 Å². The highest BCUT2D eigenvalue weighted by atomic mass is 79.9. The molecule has 2 rings (SSSR count). The van der Waals surface area contributed by atoms with Gasteiger partial charge in [0.2, 0.25) is 0 Å². The van der Waals surface area contributed by atoms with E-state index in [1.165, 1.54) is 18.2 Å². The van der Waals surface area contributed by atoms with Crippen molar-refractivity contribution >= 4 is 40.4 Å². The maximum absolute atomic E-state index is 11.9. The number of nitro groups is 1. The normalized spacial score (nSPS) is 12.6. The molecular weight excluding hydrogens is 301 g/mol. The lowest BCUT2D eigenvalue weighted by Crippen LogP contribution is -2.06. The van der Waals surface area contributed by atoms with Crippen LogP contribution < -0.4 is 5.43 Å². The predicted octanol–water partition coefficient (Wildman–Crippen LogP) is 2.57. The Morgan fingerprint density at radius 2 is 2.17 bits per heavy atom. The van der Waals surface area contributed by atoms with Crippen molar-refractivity contribution in [2.24, 2.45) is 0 Å². The number of benzene rings is 1. The second-order valence-corrected chi connectivity index (χ2v) is 4.74. The number of nitro benzene ring substituents is 1. The van der Waals surface area contributed by atoms with Crippen LogP contribution in [0.3, 0.4) is 0 Å². The molecule has 1 aromatic carbocycles. The van der Waals surface area contributed by atoms with Gasteiger partial charge in [0.25, 0.3) is 5.69 Å². The second-order valence-electron chi connectivity index (χ2n) is 3.76. The van der Waals surface area contributed by atoms with Crippen LogP contribution in [-0.2, 0) is 0 Å². The van der Waals surface area contributed by atoms with Crippen LogP contribution in [0.1, 0.15) is 16.1 Å². The lowest BCUT2D eigenvalue weighted by atomic mass is 9.94. The smallest absolute Gasteiger partial charge is 0.284 e. The first-order valence-corrected chi connectivity index (χ1v) is 5.95. The van der Waals surface area contributed by atoms with Gasteiger partial charge in [0.05, 0.1) is 12.8 Å². The zero-order valence-electron chi connectivity index (χ0n) is 9.34. The van der Waals surface area contributed by atoms with Crippen molar-refractivity contribution in [1.29, 1.82) is 0 Å². The SMILES string of the molecule is [B]C(Br)c1ccc([N+](=O)[O-])c2c(=O)cc(C)oc12. The molecule has 90 valence electrons. The minimum Gasteiger partial charge on any atom is -0.461 e. The third kappa shape index (κ3) is 2.05.